The Morgan fingerprint density at radius 2 is 1.61 bits per heavy atom. The number of anilines is 1. The number of nitrogens with one attached hydrogen (secondary N) is 1. The van der Waals surface area contributed by atoms with Gasteiger partial charge in [0.1, 0.15) is 17.4 Å². The molecule has 7 heteroatoms. The van der Waals surface area contributed by atoms with Crippen LogP contribution in [0.3, 0.4) is 0 Å². The molecule has 1 atom stereocenters. The van der Waals surface area contributed by atoms with Crippen LogP contribution in [0.15, 0.2) is 54.1 Å². The minimum atomic E-state index is -1.09. The Kier molecular flexibility index (Phi) is 8.09. The summed E-state index contributed by atoms with van der Waals surface area (Å²) in [4.78, 5) is 36.7. The molecule has 2 rings (SSSR count). The quantitative estimate of drug-likeness (QED) is 0.299. The molecule has 0 saturated heterocycles. The van der Waals surface area contributed by atoms with E-state index in [9.17, 15) is 19.6 Å². The first-order chi connectivity index (χ1) is 14.7. The van der Waals surface area contributed by atoms with E-state index in [2.05, 4.69) is 5.32 Å². The summed E-state index contributed by atoms with van der Waals surface area (Å²) in [5.74, 6) is -0.959. The molecule has 1 N–H and O–H groups in total. The molecule has 0 saturated carbocycles. The maximum absolute atomic E-state index is 12.6. The van der Waals surface area contributed by atoms with E-state index in [0.29, 0.717) is 22.6 Å². The predicted molar refractivity (Wildman–Crippen MR) is 116 cm³/mol. The maximum atomic E-state index is 12.6. The number of hydrogen-bond donors (Lipinski definition) is 1. The molecule has 0 unspecified atom stereocenters. The van der Waals surface area contributed by atoms with Gasteiger partial charge in [0, 0.05) is 17.2 Å². The zero-order valence-electron chi connectivity index (χ0n) is 17.8. The molecule has 160 valence electrons. The van der Waals surface area contributed by atoms with Crippen LogP contribution in [-0.4, -0.2) is 30.9 Å². The average molecular weight is 420 g/mol. The summed E-state index contributed by atoms with van der Waals surface area (Å²) in [6.45, 7) is 5.00. The van der Waals surface area contributed by atoms with Crippen LogP contribution in [-0.2, 0) is 14.3 Å². The number of nitrogens with zero attached hydrogens (tertiary/aromatic N) is 1. The average Bonchev–Trinajstić information content (AvgIpc) is 2.77. The minimum absolute atomic E-state index is 0.131. The van der Waals surface area contributed by atoms with Crippen LogP contribution in [0, 0.1) is 17.2 Å². The third-order valence-electron chi connectivity index (χ3n) is 4.38. The number of rotatable bonds is 8. The lowest BCUT2D eigenvalue weighted by Gasteiger charge is -2.13. The van der Waals surface area contributed by atoms with Crippen molar-refractivity contribution in [1.82, 2.24) is 0 Å². The van der Waals surface area contributed by atoms with Crippen LogP contribution < -0.4 is 10.1 Å². The Labute approximate surface area is 181 Å². The van der Waals surface area contributed by atoms with Crippen molar-refractivity contribution >= 4 is 29.4 Å². The van der Waals surface area contributed by atoms with Gasteiger partial charge in [0.15, 0.2) is 6.10 Å². The number of nitriles is 1. The van der Waals surface area contributed by atoms with Gasteiger partial charge in [0.05, 0.1) is 7.11 Å². The van der Waals surface area contributed by atoms with E-state index in [1.54, 1.807) is 68.4 Å². The molecule has 0 aliphatic rings. The normalized spacial score (nSPS) is 11.9. The molecule has 0 spiro atoms. The largest absolute Gasteiger partial charge is 0.497 e. The van der Waals surface area contributed by atoms with Gasteiger partial charge >= 0.3 is 5.97 Å². The fourth-order valence-electron chi connectivity index (χ4n) is 2.52. The van der Waals surface area contributed by atoms with Crippen LogP contribution in [0.1, 0.15) is 36.7 Å². The number of amides is 1. The molecule has 31 heavy (non-hydrogen) atoms. The second-order valence-corrected chi connectivity index (χ2v) is 7.08. The molecule has 0 aliphatic carbocycles. The van der Waals surface area contributed by atoms with Crippen molar-refractivity contribution in [3.05, 3.63) is 65.2 Å². The van der Waals surface area contributed by atoms with Gasteiger partial charge < -0.3 is 14.8 Å². The number of esters is 1. The number of ketones is 1. The first-order valence-electron chi connectivity index (χ1n) is 9.67. The van der Waals surface area contributed by atoms with Crippen molar-refractivity contribution in [1.29, 1.82) is 5.26 Å². The van der Waals surface area contributed by atoms with Gasteiger partial charge in [-0.15, -0.1) is 0 Å². The summed E-state index contributed by atoms with van der Waals surface area (Å²) < 4.78 is 10.3. The van der Waals surface area contributed by atoms with E-state index in [0.717, 1.165) is 0 Å². The van der Waals surface area contributed by atoms with Gasteiger partial charge in [-0.25, -0.2) is 4.79 Å². The van der Waals surface area contributed by atoms with Crippen molar-refractivity contribution in [2.45, 2.75) is 26.9 Å². The molecule has 0 aliphatic heterocycles. The molecule has 7 nitrogen and oxygen atoms in total. The van der Waals surface area contributed by atoms with Gasteiger partial charge in [-0.3, -0.25) is 9.59 Å². The minimum Gasteiger partial charge on any atom is -0.497 e. The predicted octanol–water partition coefficient (Wildman–Crippen LogP) is 4.01. The SMILES string of the molecule is COc1ccc(/C=C(\C#N)C(=O)O[C@H](C)C(=O)c2ccc(NC(=O)C(C)C)cc2)cc1. The molecular weight excluding hydrogens is 396 g/mol. The molecule has 1 amide bonds. The van der Waals surface area contributed by atoms with E-state index in [-0.39, 0.29) is 17.4 Å². The van der Waals surface area contributed by atoms with E-state index in [1.165, 1.54) is 20.1 Å². The lowest BCUT2D eigenvalue weighted by Crippen LogP contribution is -2.25. The van der Waals surface area contributed by atoms with Crippen LogP contribution in [0.4, 0.5) is 5.69 Å². The van der Waals surface area contributed by atoms with Gasteiger partial charge in [0.25, 0.3) is 0 Å². The molecule has 0 heterocycles. The first-order valence-corrected chi connectivity index (χ1v) is 9.67. The lowest BCUT2D eigenvalue weighted by molar-refractivity contribution is -0.141. The smallest absolute Gasteiger partial charge is 0.349 e. The first kappa shape index (κ1) is 23.4. The fourth-order valence-corrected chi connectivity index (χ4v) is 2.52. The van der Waals surface area contributed by atoms with Crippen molar-refractivity contribution in [2.75, 3.05) is 12.4 Å². The highest BCUT2D eigenvalue weighted by molar-refractivity contribution is 6.03. The summed E-state index contributed by atoms with van der Waals surface area (Å²) in [6.07, 6.45) is 0.293. The van der Waals surface area contributed by atoms with Gasteiger partial charge in [-0.1, -0.05) is 26.0 Å². The lowest BCUT2D eigenvalue weighted by atomic mass is 10.1. The zero-order chi connectivity index (χ0) is 23.0. The third-order valence-corrected chi connectivity index (χ3v) is 4.38. The highest BCUT2D eigenvalue weighted by Gasteiger charge is 2.22. The number of carbonyl (C=O) groups is 3. The second-order valence-electron chi connectivity index (χ2n) is 7.08. The van der Waals surface area contributed by atoms with Gasteiger partial charge in [-0.05, 0) is 55.0 Å². The highest BCUT2D eigenvalue weighted by Crippen LogP contribution is 2.16. The van der Waals surface area contributed by atoms with Gasteiger partial charge in [-0.2, -0.15) is 5.26 Å². The molecule has 2 aromatic carbocycles. The van der Waals surface area contributed by atoms with Crippen LogP contribution in [0.5, 0.6) is 5.75 Å². The topological polar surface area (TPSA) is 105 Å². The Bertz CT molecular complexity index is 1020. The van der Waals surface area contributed by atoms with E-state index in [4.69, 9.17) is 9.47 Å². The molecular formula is C24H24N2O5. The van der Waals surface area contributed by atoms with E-state index in [1.807, 2.05) is 0 Å². The Morgan fingerprint density at radius 3 is 2.13 bits per heavy atom. The summed E-state index contributed by atoms with van der Waals surface area (Å²) in [5.41, 5.74) is 1.28. The molecule has 0 fully saturated rings. The van der Waals surface area contributed by atoms with Crippen LogP contribution in [0.2, 0.25) is 0 Å². The monoisotopic (exact) mass is 420 g/mol. The summed E-state index contributed by atoms with van der Waals surface area (Å²) in [5, 5.41) is 12.0. The Morgan fingerprint density at radius 1 is 1.00 bits per heavy atom. The maximum Gasteiger partial charge on any atom is 0.349 e. The summed E-state index contributed by atoms with van der Waals surface area (Å²) >= 11 is 0. The second kappa shape index (κ2) is 10.7. The van der Waals surface area contributed by atoms with E-state index >= 15 is 0 Å². The summed E-state index contributed by atoms with van der Waals surface area (Å²) in [6, 6.07) is 14.9. The number of carbonyl (C=O) groups excluding carboxylic acids is 3. The summed E-state index contributed by atoms with van der Waals surface area (Å²) in [7, 11) is 1.54. The number of benzene rings is 2. The fraction of sp³-hybridized carbons (Fsp3) is 0.250. The van der Waals surface area contributed by atoms with Crippen LogP contribution >= 0.6 is 0 Å². The Balaban J connectivity index is 2.05. The Hall–Kier alpha value is -3.92. The molecule has 0 aromatic heterocycles. The standard InChI is InChI=1S/C24H24N2O5/c1-15(2)23(28)26-20-9-7-18(8-10-20)22(27)16(3)31-24(29)19(14-25)13-17-5-11-21(30-4)12-6-17/h5-13,15-16H,1-4H3,(H,26,28)/b19-13+/t16-/m1/s1. The van der Waals surface area contributed by atoms with E-state index < -0.39 is 17.9 Å². The van der Waals surface area contributed by atoms with Crippen molar-refractivity contribution in [3.63, 3.8) is 0 Å². The molecule has 0 bridgehead atoms. The molecule has 0 radical (unpaired) electrons. The third kappa shape index (κ3) is 6.54. The van der Waals surface area contributed by atoms with Crippen molar-refractivity contribution in [3.8, 4) is 11.8 Å². The van der Waals surface area contributed by atoms with Crippen molar-refractivity contribution < 1.29 is 23.9 Å². The van der Waals surface area contributed by atoms with Crippen molar-refractivity contribution in [2.24, 2.45) is 5.92 Å². The van der Waals surface area contributed by atoms with Gasteiger partial charge in [0.2, 0.25) is 11.7 Å². The number of ether oxygens (including phenoxy) is 2. The number of methoxy groups -OCH3 is 1. The number of hydrogen-bond acceptors (Lipinski definition) is 6. The molecule has 2 aromatic rings. The van der Waals surface area contributed by atoms with Crippen LogP contribution in [0.25, 0.3) is 6.08 Å². The zero-order valence-corrected chi connectivity index (χ0v) is 17.8. The number of Topliss-reactive ketones (excluding diaryl/α,β-unsaturated/α-hetero) is 1. The highest BCUT2D eigenvalue weighted by atomic mass is 16.5.